The molecule has 0 spiro atoms. The fourth-order valence-corrected chi connectivity index (χ4v) is 3.78. The molecule has 1 aliphatic heterocycles. The van der Waals surface area contributed by atoms with E-state index < -0.39 is 5.82 Å². The van der Waals surface area contributed by atoms with Gasteiger partial charge in [-0.1, -0.05) is 18.2 Å². The third-order valence-electron chi connectivity index (χ3n) is 5.15. The monoisotopic (exact) mass is 499 g/mol. The number of esters is 1. The van der Waals surface area contributed by atoms with Crippen LogP contribution in [-0.2, 0) is 14.3 Å². The molecule has 35 heavy (non-hydrogen) atoms. The number of carbonyl (C=O) groups is 2. The van der Waals surface area contributed by atoms with Gasteiger partial charge in [0, 0.05) is 29.9 Å². The smallest absolute Gasteiger partial charge is 0.320 e. The van der Waals surface area contributed by atoms with Gasteiger partial charge in [-0.05, 0) is 49.4 Å². The molecule has 1 saturated heterocycles. The van der Waals surface area contributed by atoms with Crippen molar-refractivity contribution in [1.29, 1.82) is 0 Å². The van der Waals surface area contributed by atoms with E-state index >= 15 is 0 Å². The van der Waals surface area contributed by atoms with Crippen molar-refractivity contribution in [3.05, 3.63) is 59.9 Å². The predicted octanol–water partition coefficient (Wildman–Crippen LogP) is 3.92. The molecule has 1 aromatic heterocycles. The molecule has 0 unspecified atom stereocenters. The first-order chi connectivity index (χ1) is 16.8. The van der Waals surface area contributed by atoms with Crippen LogP contribution in [0.2, 0.25) is 5.02 Å². The molecule has 9 nitrogen and oxygen atoms in total. The summed E-state index contributed by atoms with van der Waals surface area (Å²) >= 11 is 5.92. The minimum atomic E-state index is -0.542. The van der Waals surface area contributed by atoms with Crippen molar-refractivity contribution in [3.63, 3.8) is 0 Å². The van der Waals surface area contributed by atoms with E-state index in [1.807, 2.05) is 11.8 Å². The molecule has 1 fully saturated rings. The first kappa shape index (κ1) is 24.4. The van der Waals surface area contributed by atoms with Gasteiger partial charge in [-0.3, -0.25) is 14.5 Å². The van der Waals surface area contributed by atoms with Gasteiger partial charge in [-0.2, -0.15) is 9.97 Å². The van der Waals surface area contributed by atoms with Crippen molar-refractivity contribution >= 4 is 51.6 Å². The largest absolute Gasteiger partial charge is 0.462 e. The summed E-state index contributed by atoms with van der Waals surface area (Å²) in [4.78, 5) is 34.2. The van der Waals surface area contributed by atoms with Crippen LogP contribution in [0.1, 0.15) is 6.92 Å². The molecule has 11 heteroatoms. The van der Waals surface area contributed by atoms with E-state index in [9.17, 15) is 14.0 Å². The topological polar surface area (TPSA) is 106 Å². The number of hydrogen-bond donors (Lipinski definition) is 2. The van der Waals surface area contributed by atoms with Gasteiger partial charge in [-0.25, -0.2) is 4.39 Å². The highest BCUT2D eigenvalue weighted by atomic mass is 35.5. The molecule has 0 aliphatic carbocycles. The van der Waals surface area contributed by atoms with Crippen LogP contribution < -0.4 is 15.4 Å². The normalized spacial score (nSPS) is 16.0. The van der Waals surface area contributed by atoms with Crippen LogP contribution in [-0.4, -0.2) is 59.1 Å². The number of morpholine rings is 1. The lowest BCUT2D eigenvalue weighted by Crippen LogP contribution is -2.45. The summed E-state index contributed by atoms with van der Waals surface area (Å²) in [6, 6.07) is 9.43. The van der Waals surface area contributed by atoms with E-state index in [0.29, 0.717) is 41.2 Å². The van der Waals surface area contributed by atoms with Crippen LogP contribution in [0.3, 0.4) is 0 Å². The zero-order valence-electron chi connectivity index (χ0n) is 18.9. The van der Waals surface area contributed by atoms with Gasteiger partial charge in [-0.15, -0.1) is 0 Å². The molecule has 0 radical (unpaired) electrons. The Kier molecular flexibility index (Phi) is 7.42. The summed E-state index contributed by atoms with van der Waals surface area (Å²) in [7, 11) is 0. The van der Waals surface area contributed by atoms with Gasteiger partial charge in [0.1, 0.15) is 24.3 Å². The number of halogens is 2. The van der Waals surface area contributed by atoms with E-state index in [1.54, 1.807) is 18.2 Å². The van der Waals surface area contributed by atoms with Crippen molar-refractivity contribution in [1.82, 2.24) is 14.9 Å². The summed E-state index contributed by atoms with van der Waals surface area (Å²) < 4.78 is 24.6. The van der Waals surface area contributed by atoms with Gasteiger partial charge in [0.2, 0.25) is 5.91 Å². The number of fused-ring (bicyclic) bond motifs is 1. The van der Waals surface area contributed by atoms with Crippen molar-refractivity contribution in [2.24, 2.45) is 0 Å². The molecule has 4 rings (SSSR count). The fourth-order valence-electron chi connectivity index (χ4n) is 3.59. The van der Waals surface area contributed by atoms with Gasteiger partial charge >= 0.3 is 12.0 Å². The number of nitrogens with one attached hydrogen (secondary N) is 2. The molecule has 1 atom stereocenters. The van der Waals surface area contributed by atoms with E-state index in [1.165, 1.54) is 24.3 Å². The van der Waals surface area contributed by atoms with E-state index in [0.717, 1.165) is 0 Å². The standard InChI is InChI=1S/C24H23ClFN5O4/c1-3-21(32)27-15-5-7-20-17(10-15)23(28-16-4-6-19(26)18(25)11-16)30-24(29-20)34-9-8-31-12-14(2)35-22(33)13-31/h3-7,10-11,14H,1,8-9,12-13H2,2H3,(H,27,32)(H,28,29,30)/t14-/m0/s1. The SMILES string of the molecule is C=CC(=O)Nc1ccc2nc(OCCN3CC(=O)O[C@@H](C)C3)nc(Nc3ccc(F)c(Cl)c3)c2c1. The number of cyclic esters (lactones) is 1. The van der Waals surface area contributed by atoms with Crippen LogP contribution in [0.15, 0.2) is 49.1 Å². The highest BCUT2D eigenvalue weighted by molar-refractivity contribution is 6.31. The number of aromatic nitrogens is 2. The maximum Gasteiger partial charge on any atom is 0.320 e. The van der Waals surface area contributed by atoms with Crippen molar-refractivity contribution < 1.29 is 23.5 Å². The third kappa shape index (κ3) is 6.23. The fraction of sp³-hybridized carbons (Fsp3) is 0.250. The molecule has 2 N–H and O–H groups in total. The Bertz CT molecular complexity index is 1290. The minimum Gasteiger partial charge on any atom is -0.462 e. The molecule has 0 bridgehead atoms. The number of nitrogens with zero attached hydrogens (tertiary/aromatic N) is 3. The van der Waals surface area contributed by atoms with Crippen LogP contribution in [0.25, 0.3) is 10.9 Å². The maximum atomic E-state index is 13.6. The Morgan fingerprint density at radius 2 is 2.11 bits per heavy atom. The molecule has 2 aromatic carbocycles. The lowest BCUT2D eigenvalue weighted by atomic mass is 10.2. The van der Waals surface area contributed by atoms with Crippen molar-refractivity contribution in [2.45, 2.75) is 13.0 Å². The second-order valence-electron chi connectivity index (χ2n) is 7.92. The Balaban J connectivity index is 1.59. The van der Waals surface area contributed by atoms with Crippen LogP contribution in [0.4, 0.5) is 21.6 Å². The van der Waals surface area contributed by atoms with Crippen LogP contribution in [0, 0.1) is 5.82 Å². The summed E-state index contributed by atoms with van der Waals surface area (Å²) in [5, 5.41) is 6.36. The van der Waals surface area contributed by atoms with Gasteiger partial charge in [0.15, 0.2) is 0 Å². The van der Waals surface area contributed by atoms with E-state index in [2.05, 4.69) is 27.2 Å². The minimum absolute atomic E-state index is 0.0435. The Morgan fingerprint density at radius 3 is 2.86 bits per heavy atom. The second kappa shape index (κ2) is 10.7. The first-order valence-electron chi connectivity index (χ1n) is 10.8. The number of ether oxygens (including phenoxy) is 2. The van der Waals surface area contributed by atoms with E-state index in [4.69, 9.17) is 21.1 Å². The highest BCUT2D eigenvalue weighted by Crippen LogP contribution is 2.30. The average Bonchev–Trinajstić information content (AvgIpc) is 2.81. The summed E-state index contributed by atoms with van der Waals surface area (Å²) in [5.74, 6) is -0.799. The Morgan fingerprint density at radius 1 is 1.31 bits per heavy atom. The van der Waals surface area contributed by atoms with Crippen LogP contribution in [0.5, 0.6) is 6.01 Å². The molecular formula is C24H23ClFN5O4. The van der Waals surface area contributed by atoms with Gasteiger partial charge in [0.25, 0.3) is 0 Å². The van der Waals surface area contributed by atoms with Crippen molar-refractivity contribution in [2.75, 3.05) is 36.9 Å². The lowest BCUT2D eigenvalue weighted by molar-refractivity contribution is -0.157. The molecule has 182 valence electrons. The predicted molar refractivity (Wildman–Crippen MR) is 131 cm³/mol. The molecule has 1 amide bonds. The van der Waals surface area contributed by atoms with Crippen LogP contribution >= 0.6 is 11.6 Å². The quantitative estimate of drug-likeness (QED) is 0.355. The summed E-state index contributed by atoms with van der Waals surface area (Å²) in [5.41, 5.74) is 1.58. The third-order valence-corrected chi connectivity index (χ3v) is 5.44. The van der Waals surface area contributed by atoms with Gasteiger partial charge < -0.3 is 20.1 Å². The maximum absolute atomic E-state index is 13.6. The summed E-state index contributed by atoms with van der Waals surface area (Å²) in [6.07, 6.45) is 0.988. The molecule has 1 aliphatic rings. The number of anilines is 3. The number of benzene rings is 2. The molecule has 2 heterocycles. The molecular weight excluding hydrogens is 477 g/mol. The number of carbonyl (C=O) groups excluding carboxylic acids is 2. The average molecular weight is 500 g/mol. The van der Waals surface area contributed by atoms with Crippen molar-refractivity contribution in [3.8, 4) is 6.01 Å². The Labute approximate surface area is 205 Å². The summed E-state index contributed by atoms with van der Waals surface area (Å²) in [6.45, 7) is 6.84. The first-order valence-corrected chi connectivity index (χ1v) is 11.2. The molecule has 0 saturated carbocycles. The van der Waals surface area contributed by atoms with Gasteiger partial charge in [0.05, 0.1) is 17.1 Å². The second-order valence-corrected chi connectivity index (χ2v) is 8.33. The Hall–Kier alpha value is -3.76. The highest BCUT2D eigenvalue weighted by Gasteiger charge is 2.23. The molecule has 3 aromatic rings. The number of amides is 1. The lowest BCUT2D eigenvalue weighted by Gasteiger charge is -2.29. The number of rotatable bonds is 8. The van der Waals surface area contributed by atoms with E-state index in [-0.39, 0.29) is 42.2 Å². The zero-order chi connectivity index (χ0) is 24.9. The zero-order valence-corrected chi connectivity index (χ0v) is 19.6. The number of hydrogen-bond acceptors (Lipinski definition) is 8.